The molecule has 24 heavy (non-hydrogen) atoms. The number of pyridine rings is 1. The van der Waals surface area contributed by atoms with Crippen molar-refractivity contribution in [3.8, 4) is 0 Å². The Balaban J connectivity index is -0.0000000456. The summed E-state index contributed by atoms with van der Waals surface area (Å²) in [4.78, 5) is 3.78. The fourth-order valence-electron chi connectivity index (χ4n) is 0.313. The number of halogens is 12. The molecule has 0 saturated carbocycles. The first-order chi connectivity index (χ1) is 10.0. The number of aliphatic hydroxyl groups excluding tert-OH is 1. The van der Waals surface area contributed by atoms with Crippen molar-refractivity contribution in [3.63, 3.8) is 0 Å². The number of aliphatic hydroxyl groups is 1. The molecule has 0 radical (unpaired) electrons. The van der Waals surface area contributed by atoms with Crippen molar-refractivity contribution in [1.82, 2.24) is 4.98 Å². The van der Waals surface area contributed by atoms with Gasteiger partial charge in [0, 0.05) is 19.5 Å². The summed E-state index contributed by atoms with van der Waals surface area (Å²) in [5, 5.41) is 7.00. The Morgan fingerprint density at radius 1 is 0.583 bits per heavy atom. The van der Waals surface area contributed by atoms with Crippen LogP contribution in [-0.4, -0.2) is 39.0 Å². The molecule has 142 valence electrons. The minimum atomic E-state index is -6.00. The quantitative estimate of drug-likeness (QED) is 0.521. The monoisotopic (exact) mass is 412 g/mol. The number of aromatic nitrogens is 1. The van der Waals surface area contributed by atoms with Gasteiger partial charge in [0.25, 0.3) is 0 Å². The molecule has 0 spiro atoms. The van der Waals surface area contributed by atoms with Crippen LogP contribution in [0.25, 0.3) is 0 Å². The van der Waals surface area contributed by atoms with Crippen LogP contribution in [0.5, 0.6) is 0 Å². The topological polar surface area (TPSA) is 33.1 Å². The molecule has 1 rings (SSSR count). The second-order valence-corrected chi connectivity index (χ2v) is 2.51. The van der Waals surface area contributed by atoms with Crippen LogP contribution in [-0.2, 0) is 0 Å². The third-order valence-corrected chi connectivity index (χ3v) is 0.566. The average Bonchev–Trinajstić information content (AvgIpc) is 2.27. The van der Waals surface area contributed by atoms with E-state index >= 15 is 0 Å². The van der Waals surface area contributed by atoms with Crippen molar-refractivity contribution in [1.29, 1.82) is 0 Å². The molecule has 0 unspecified atom stereocenters. The van der Waals surface area contributed by atoms with E-state index in [4.69, 9.17) is 5.11 Å². The molecular weight excluding hydrogens is 402 g/mol. The number of nitrogens with zero attached hydrogens (tertiary/aromatic N) is 1. The number of hydrogen-bond donors (Lipinski definition) is 1. The normalized spacial score (nSPS) is 9.75. The van der Waals surface area contributed by atoms with Crippen LogP contribution in [0.4, 0.5) is 51.8 Å². The summed E-state index contributed by atoms with van der Waals surface area (Å²) >= 11 is 0. The molecule has 0 aliphatic rings. The van der Waals surface area contributed by atoms with Crippen LogP contribution in [0.3, 0.4) is 0 Å². The number of rotatable bonds is 0. The van der Waals surface area contributed by atoms with E-state index in [0.29, 0.717) is 0 Å². The van der Waals surface area contributed by atoms with Crippen LogP contribution in [0.2, 0.25) is 0 Å². The Hall–Kier alpha value is 0.101. The molecule has 0 atom stereocenters. The molecule has 18 heteroatoms. The van der Waals surface area contributed by atoms with Crippen LogP contribution >= 0.6 is 0 Å². The van der Waals surface area contributed by atoms with Crippen molar-refractivity contribution in [2.24, 2.45) is 0 Å². The van der Waals surface area contributed by atoms with E-state index in [1.165, 1.54) is 0 Å². The standard InChI is InChI=1S/C5H5N.CH4O.3BF4.K.H/c1-2-4-6-5-3-1;1-2;3*2-1(3,4)5;;/h1-5H;2H,1H3;;;;;/q;;3*-1;+1;-1. The third-order valence-electron chi connectivity index (χ3n) is 0.566. The zero-order valence-electron chi connectivity index (χ0n) is 13.0. The van der Waals surface area contributed by atoms with E-state index in [2.05, 4.69) is 4.98 Å². The first-order valence-electron chi connectivity index (χ1n) is 4.92. The molecule has 0 saturated heterocycles. The molecule has 0 aliphatic carbocycles. The molecule has 0 aliphatic heterocycles. The van der Waals surface area contributed by atoms with Crippen LogP contribution in [0.15, 0.2) is 30.6 Å². The largest absolute Gasteiger partial charge is 1.00 e. The van der Waals surface area contributed by atoms with E-state index in [-0.39, 0.29) is 52.8 Å². The second-order valence-electron chi connectivity index (χ2n) is 2.51. The van der Waals surface area contributed by atoms with Crippen molar-refractivity contribution in [3.05, 3.63) is 30.6 Å². The van der Waals surface area contributed by atoms with Gasteiger partial charge < -0.3 is 58.3 Å². The van der Waals surface area contributed by atoms with Gasteiger partial charge in [-0.25, -0.2) is 0 Å². The van der Waals surface area contributed by atoms with Gasteiger partial charge in [-0.3, -0.25) is 4.98 Å². The van der Waals surface area contributed by atoms with Crippen molar-refractivity contribution in [2.45, 2.75) is 0 Å². The Morgan fingerprint density at radius 3 is 0.792 bits per heavy atom. The van der Waals surface area contributed by atoms with Crippen LogP contribution in [0, 0.1) is 0 Å². The minimum Gasteiger partial charge on any atom is -1.00 e. The smallest absolute Gasteiger partial charge is 1.00 e. The second kappa shape index (κ2) is 19.4. The van der Waals surface area contributed by atoms with E-state index < -0.39 is 21.8 Å². The summed E-state index contributed by atoms with van der Waals surface area (Å²) < 4.78 is 117. The van der Waals surface area contributed by atoms with Gasteiger partial charge in [0.05, 0.1) is 0 Å². The zero-order chi connectivity index (χ0) is 19.7. The maximum atomic E-state index is 9.75. The van der Waals surface area contributed by atoms with Crippen molar-refractivity contribution >= 4 is 21.8 Å². The van der Waals surface area contributed by atoms with Gasteiger partial charge in [0.15, 0.2) is 0 Å². The zero-order valence-corrected chi connectivity index (χ0v) is 15.2. The fraction of sp³-hybridized carbons (Fsp3) is 0.167. The summed E-state index contributed by atoms with van der Waals surface area (Å²) in [6.45, 7) is 0. The van der Waals surface area contributed by atoms with Crippen LogP contribution < -0.4 is 51.4 Å². The molecule has 1 aromatic rings. The van der Waals surface area contributed by atoms with Gasteiger partial charge in [-0.1, -0.05) is 6.07 Å². The van der Waals surface area contributed by atoms with E-state index in [0.717, 1.165) is 7.11 Å². The Bertz CT molecular complexity index is 267. The Morgan fingerprint density at radius 2 is 0.750 bits per heavy atom. The summed E-state index contributed by atoms with van der Waals surface area (Å²) in [6.07, 6.45) is 3.50. The molecule has 1 heterocycles. The maximum Gasteiger partial charge on any atom is 1.00 e. The summed E-state index contributed by atoms with van der Waals surface area (Å²) in [5.41, 5.74) is 0. The third kappa shape index (κ3) is 264. The summed E-state index contributed by atoms with van der Waals surface area (Å²) in [5.74, 6) is 0. The molecule has 0 fully saturated rings. The Kier molecular flexibility index (Phi) is 28.5. The average molecular weight is 412 g/mol. The molecular formula is C6H10B3F12KNO-3. The van der Waals surface area contributed by atoms with Crippen molar-refractivity contribution in [2.75, 3.05) is 7.11 Å². The maximum absolute atomic E-state index is 9.75. The molecule has 0 aromatic carbocycles. The minimum absolute atomic E-state index is 0. The summed E-state index contributed by atoms with van der Waals surface area (Å²) in [7, 11) is -17.0. The summed E-state index contributed by atoms with van der Waals surface area (Å²) in [6, 6.07) is 5.72. The van der Waals surface area contributed by atoms with Gasteiger partial charge in [0.2, 0.25) is 0 Å². The van der Waals surface area contributed by atoms with E-state index in [9.17, 15) is 51.8 Å². The van der Waals surface area contributed by atoms with E-state index in [1.807, 2.05) is 18.2 Å². The van der Waals surface area contributed by atoms with E-state index in [1.54, 1.807) is 12.4 Å². The predicted molar refractivity (Wildman–Crippen MR) is 64.0 cm³/mol. The first kappa shape index (κ1) is 35.3. The first-order valence-corrected chi connectivity index (χ1v) is 4.92. The SMILES string of the molecule is CO.F[B-](F)(F)F.F[B-](F)(F)F.F[B-](F)(F)F.[H-].[K+].c1ccncc1. The predicted octanol–water partition coefficient (Wildman–Crippen LogP) is 1.71. The van der Waals surface area contributed by atoms with Gasteiger partial charge in [0.1, 0.15) is 0 Å². The number of hydrogen-bond acceptors (Lipinski definition) is 2. The molecule has 0 amide bonds. The van der Waals surface area contributed by atoms with Gasteiger partial charge in [-0.15, -0.1) is 0 Å². The molecule has 2 nitrogen and oxygen atoms in total. The van der Waals surface area contributed by atoms with Crippen molar-refractivity contribution < 1.29 is 110 Å². The van der Waals surface area contributed by atoms with Crippen LogP contribution in [0.1, 0.15) is 1.43 Å². The molecule has 1 aromatic heterocycles. The van der Waals surface area contributed by atoms with Gasteiger partial charge >= 0.3 is 73.1 Å². The van der Waals surface area contributed by atoms with Gasteiger partial charge in [-0.05, 0) is 12.1 Å². The molecule has 0 bridgehead atoms. The molecule has 1 N–H and O–H groups in total. The Labute approximate surface area is 173 Å². The van der Waals surface area contributed by atoms with Gasteiger partial charge in [-0.2, -0.15) is 0 Å². The fourth-order valence-corrected chi connectivity index (χ4v) is 0.313.